The molecular weight excluding hydrogens is 328 g/mol. The minimum atomic E-state index is 0.432. The first-order valence-corrected chi connectivity index (χ1v) is 7.70. The van der Waals surface area contributed by atoms with Crippen LogP contribution >= 0.6 is 27.5 Å². The van der Waals surface area contributed by atoms with Gasteiger partial charge in [-0.05, 0) is 47.0 Å². The van der Waals surface area contributed by atoms with E-state index in [0.717, 1.165) is 28.8 Å². The second-order valence-corrected chi connectivity index (χ2v) is 6.20. The number of rotatable bonds is 2. The lowest BCUT2D eigenvalue weighted by molar-refractivity contribution is 0.367. The van der Waals surface area contributed by atoms with E-state index in [2.05, 4.69) is 26.1 Å². The van der Waals surface area contributed by atoms with Crippen LogP contribution in [0.5, 0.6) is 0 Å². The first kappa shape index (κ1) is 13.1. The highest BCUT2D eigenvalue weighted by Crippen LogP contribution is 2.35. The zero-order valence-electron chi connectivity index (χ0n) is 10.4. The van der Waals surface area contributed by atoms with Crippen molar-refractivity contribution in [3.63, 3.8) is 0 Å². The van der Waals surface area contributed by atoms with E-state index in [-0.39, 0.29) is 0 Å². The highest BCUT2D eigenvalue weighted by molar-refractivity contribution is 9.10. The standard InChI is InChI=1S/C14H14BrClN2O/c15-12-8-10(16)6-7-11(12)14-18-17-13(19-14)9-4-2-1-3-5-9/h6-9H,1-5H2. The van der Waals surface area contributed by atoms with E-state index < -0.39 is 0 Å². The molecule has 0 bridgehead atoms. The van der Waals surface area contributed by atoms with Crippen molar-refractivity contribution in [1.82, 2.24) is 10.2 Å². The molecular formula is C14H14BrClN2O. The minimum Gasteiger partial charge on any atom is -0.420 e. The van der Waals surface area contributed by atoms with E-state index in [1.54, 1.807) is 0 Å². The van der Waals surface area contributed by atoms with Crippen LogP contribution in [0, 0.1) is 0 Å². The Hall–Kier alpha value is -0.870. The zero-order valence-corrected chi connectivity index (χ0v) is 12.7. The van der Waals surface area contributed by atoms with Gasteiger partial charge >= 0.3 is 0 Å². The molecule has 1 fully saturated rings. The smallest absolute Gasteiger partial charge is 0.248 e. The van der Waals surface area contributed by atoms with Crippen molar-refractivity contribution >= 4 is 27.5 Å². The van der Waals surface area contributed by atoms with Gasteiger partial charge in [-0.3, -0.25) is 0 Å². The summed E-state index contributed by atoms with van der Waals surface area (Å²) in [5.41, 5.74) is 0.888. The van der Waals surface area contributed by atoms with Crippen molar-refractivity contribution in [3.8, 4) is 11.5 Å². The fourth-order valence-corrected chi connectivity index (χ4v) is 3.37. The Morgan fingerprint density at radius 2 is 1.95 bits per heavy atom. The van der Waals surface area contributed by atoms with Gasteiger partial charge < -0.3 is 4.42 Å². The Kier molecular flexibility index (Phi) is 3.89. The Morgan fingerprint density at radius 3 is 2.68 bits per heavy atom. The summed E-state index contributed by atoms with van der Waals surface area (Å²) >= 11 is 9.41. The van der Waals surface area contributed by atoms with Gasteiger partial charge in [-0.1, -0.05) is 30.9 Å². The van der Waals surface area contributed by atoms with E-state index in [0.29, 0.717) is 16.8 Å². The van der Waals surface area contributed by atoms with Gasteiger partial charge in [0.25, 0.3) is 0 Å². The summed E-state index contributed by atoms with van der Waals surface area (Å²) < 4.78 is 6.71. The topological polar surface area (TPSA) is 38.9 Å². The summed E-state index contributed by atoms with van der Waals surface area (Å²) in [5.74, 6) is 1.77. The third-order valence-corrected chi connectivity index (χ3v) is 4.45. The number of halogens is 2. The largest absolute Gasteiger partial charge is 0.420 e. The van der Waals surface area contributed by atoms with Gasteiger partial charge in [0.2, 0.25) is 11.8 Å². The molecule has 0 radical (unpaired) electrons. The normalized spacial score (nSPS) is 16.7. The van der Waals surface area contributed by atoms with Crippen molar-refractivity contribution in [1.29, 1.82) is 0 Å². The summed E-state index contributed by atoms with van der Waals surface area (Å²) in [4.78, 5) is 0. The Bertz CT molecular complexity index is 579. The Labute approximate surface area is 125 Å². The van der Waals surface area contributed by atoms with Crippen LogP contribution in [0.2, 0.25) is 5.02 Å². The third kappa shape index (κ3) is 2.84. The van der Waals surface area contributed by atoms with Crippen LogP contribution in [0.1, 0.15) is 43.9 Å². The minimum absolute atomic E-state index is 0.432. The SMILES string of the molecule is Clc1ccc(-c2nnc(C3CCCCC3)o2)c(Br)c1. The molecule has 0 amide bonds. The molecule has 0 spiro atoms. The zero-order chi connectivity index (χ0) is 13.2. The quantitative estimate of drug-likeness (QED) is 0.753. The second-order valence-electron chi connectivity index (χ2n) is 4.90. The lowest BCUT2D eigenvalue weighted by Crippen LogP contribution is -2.04. The number of aromatic nitrogens is 2. The molecule has 5 heteroatoms. The summed E-state index contributed by atoms with van der Waals surface area (Å²) in [6, 6.07) is 5.55. The lowest BCUT2D eigenvalue weighted by atomic mass is 9.89. The van der Waals surface area contributed by atoms with Crippen LogP contribution in [0.25, 0.3) is 11.5 Å². The van der Waals surface area contributed by atoms with Gasteiger partial charge in [0, 0.05) is 15.4 Å². The molecule has 0 unspecified atom stereocenters. The molecule has 1 aliphatic carbocycles. The Balaban J connectivity index is 1.87. The van der Waals surface area contributed by atoms with Gasteiger partial charge in [-0.25, -0.2) is 0 Å². The summed E-state index contributed by atoms with van der Waals surface area (Å²) in [5, 5.41) is 9.05. The van der Waals surface area contributed by atoms with Crippen molar-refractivity contribution in [2.24, 2.45) is 0 Å². The van der Waals surface area contributed by atoms with E-state index >= 15 is 0 Å². The second kappa shape index (κ2) is 5.63. The third-order valence-electron chi connectivity index (χ3n) is 3.56. The molecule has 3 nitrogen and oxygen atoms in total. The molecule has 0 atom stereocenters. The van der Waals surface area contributed by atoms with Crippen molar-refractivity contribution < 1.29 is 4.42 Å². The number of nitrogens with zero attached hydrogens (tertiary/aromatic N) is 2. The molecule has 3 rings (SSSR count). The van der Waals surface area contributed by atoms with Crippen LogP contribution in [-0.4, -0.2) is 10.2 Å². The first-order chi connectivity index (χ1) is 9.24. The van der Waals surface area contributed by atoms with Crippen LogP contribution in [0.4, 0.5) is 0 Å². The summed E-state index contributed by atoms with van der Waals surface area (Å²) in [7, 11) is 0. The van der Waals surface area contributed by atoms with E-state index in [9.17, 15) is 0 Å². The van der Waals surface area contributed by atoms with Crippen LogP contribution in [0.3, 0.4) is 0 Å². The van der Waals surface area contributed by atoms with Gasteiger partial charge in [0.05, 0.1) is 5.56 Å². The average Bonchev–Trinajstić information content (AvgIpc) is 2.89. The van der Waals surface area contributed by atoms with Gasteiger partial charge in [0.1, 0.15) is 0 Å². The average molecular weight is 342 g/mol. The maximum Gasteiger partial charge on any atom is 0.248 e. The van der Waals surface area contributed by atoms with E-state index in [1.807, 2.05) is 18.2 Å². The molecule has 1 aromatic heterocycles. The maximum absolute atomic E-state index is 5.93. The summed E-state index contributed by atoms with van der Waals surface area (Å²) in [6.45, 7) is 0. The van der Waals surface area contributed by atoms with Crippen molar-refractivity contribution in [3.05, 3.63) is 33.6 Å². The Morgan fingerprint density at radius 1 is 1.16 bits per heavy atom. The molecule has 1 saturated carbocycles. The summed E-state index contributed by atoms with van der Waals surface area (Å²) in [6.07, 6.45) is 6.15. The fraction of sp³-hybridized carbons (Fsp3) is 0.429. The number of hydrogen-bond donors (Lipinski definition) is 0. The number of hydrogen-bond acceptors (Lipinski definition) is 3. The van der Waals surface area contributed by atoms with E-state index in [4.69, 9.17) is 16.0 Å². The monoisotopic (exact) mass is 340 g/mol. The fourth-order valence-electron chi connectivity index (χ4n) is 2.52. The maximum atomic E-state index is 5.93. The van der Waals surface area contributed by atoms with E-state index in [1.165, 1.54) is 19.3 Å². The first-order valence-electron chi connectivity index (χ1n) is 6.53. The lowest BCUT2D eigenvalue weighted by Gasteiger charge is -2.17. The molecule has 1 aromatic carbocycles. The van der Waals surface area contributed by atoms with Crippen molar-refractivity contribution in [2.45, 2.75) is 38.0 Å². The van der Waals surface area contributed by atoms with Gasteiger partial charge in [-0.15, -0.1) is 10.2 Å². The molecule has 1 heterocycles. The molecule has 2 aromatic rings. The van der Waals surface area contributed by atoms with Crippen LogP contribution in [-0.2, 0) is 0 Å². The van der Waals surface area contributed by atoms with Crippen LogP contribution in [0.15, 0.2) is 27.1 Å². The van der Waals surface area contributed by atoms with Gasteiger partial charge in [0.15, 0.2) is 0 Å². The molecule has 0 N–H and O–H groups in total. The number of benzene rings is 1. The highest BCUT2D eigenvalue weighted by atomic mass is 79.9. The molecule has 1 aliphatic rings. The molecule has 0 aliphatic heterocycles. The van der Waals surface area contributed by atoms with Gasteiger partial charge in [-0.2, -0.15) is 0 Å². The predicted molar refractivity (Wildman–Crippen MR) is 78.3 cm³/mol. The molecule has 19 heavy (non-hydrogen) atoms. The highest BCUT2D eigenvalue weighted by Gasteiger charge is 2.22. The van der Waals surface area contributed by atoms with Crippen molar-refractivity contribution in [2.75, 3.05) is 0 Å². The predicted octanol–water partition coefficient (Wildman–Crippen LogP) is 5.20. The molecule has 100 valence electrons. The molecule has 0 saturated heterocycles. The van der Waals surface area contributed by atoms with Crippen LogP contribution < -0.4 is 0 Å².